The number of rotatable bonds is 6. The van der Waals surface area contributed by atoms with Crippen molar-refractivity contribution in [2.45, 2.75) is 25.8 Å². The van der Waals surface area contributed by atoms with Crippen LogP contribution in [0.4, 0.5) is 11.4 Å². The van der Waals surface area contributed by atoms with Gasteiger partial charge in [0.15, 0.2) is 5.58 Å². The van der Waals surface area contributed by atoms with E-state index in [0.29, 0.717) is 11.8 Å². The van der Waals surface area contributed by atoms with Gasteiger partial charge in [-0.05, 0) is 108 Å². The van der Waals surface area contributed by atoms with Crippen LogP contribution in [0.5, 0.6) is 0 Å². The van der Waals surface area contributed by atoms with Crippen molar-refractivity contribution in [1.29, 1.82) is 0 Å². The number of aromatic nitrogens is 2. The van der Waals surface area contributed by atoms with Gasteiger partial charge in [-0.2, -0.15) is 0 Å². The predicted molar refractivity (Wildman–Crippen MR) is 199 cm³/mol. The predicted octanol–water partition coefficient (Wildman–Crippen LogP) is 11.3. The van der Waals surface area contributed by atoms with Gasteiger partial charge in [0, 0.05) is 28.4 Å². The summed E-state index contributed by atoms with van der Waals surface area (Å²) in [6.45, 7) is 7.92. The molecule has 2 unspecified atom stereocenters. The van der Waals surface area contributed by atoms with Gasteiger partial charge >= 0.3 is 0 Å². The highest BCUT2D eigenvalue weighted by Crippen LogP contribution is 2.50. The van der Waals surface area contributed by atoms with E-state index in [0.717, 1.165) is 50.4 Å². The molecule has 7 aromatic rings. The molecule has 0 saturated heterocycles. The minimum atomic E-state index is 0.149. The van der Waals surface area contributed by atoms with Crippen molar-refractivity contribution in [2.75, 3.05) is 4.90 Å². The number of fused-ring (bicyclic) bond motifs is 4. The summed E-state index contributed by atoms with van der Waals surface area (Å²) in [6.07, 6.45) is 8.76. The van der Waals surface area contributed by atoms with Crippen LogP contribution in [0.1, 0.15) is 34.1 Å². The van der Waals surface area contributed by atoms with Gasteiger partial charge in [0.2, 0.25) is 11.8 Å². The first-order chi connectivity index (χ1) is 24.0. The minimum absolute atomic E-state index is 0.149. The molecule has 5 aromatic carbocycles. The average molecular weight is 636 g/mol. The highest BCUT2D eigenvalue weighted by Gasteiger charge is 2.38. The molecule has 1 aliphatic carbocycles. The van der Waals surface area contributed by atoms with Gasteiger partial charge in [-0.15, -0.1) is 0 Å². The van der Waals surface area contributed by atoms with E-state index in [9.17, 15) is 0 Å². The van der Waals surface area contributed by atoms with E-state index < -0.39 is 0 Å². The Balaban J connectivity index is 1.12. The minimum Gasteiger partial charge on any atom is -0.441 e. The first kappa shape index (κ1) is 29.0. The second kappa shape index (κ2) is 11.5. The largest absolute Gasteiger partial charge is 0.441 e. The monoisotopic (exact) mass is 635 g/mol. The maximum atomic E-state index is 6.12. The summed E-state index contributed by atoms with van der Waals surface area (Å²) >= 11 is 0. The summed E-state index contributed by atoms with van der Waals surface area (Å²) in [6, 6.07) is 40.7. The summed E-state index contributed by atoms with van der Waals surface area (Å²) in [5.41, 5.74) is 13.9. The highest BCUT2D eigenvalue weighted by molar-refractivity contribution is 5.85. The lowest BCUT2D eigenvalue weighted by atomic mass is 9.85. The number of benzene rings is 5. The Bertz CT molecular complexity index is 2430. The maximum absolute atomic E-state index is 6.12. The summed E-state index contributed by atoms with van der Waals surface area (Å²) in [5, 5.41) is 0. The Morgan fingerprint density at radius 3 is 2.18 bits per heavy atom. The molecule has 3 heterocycles. The van der Waals surface area contributed by atoms with Gasteiger partial charge < -0.3 is 13.7 Å². The number of oxazole rings is 2. The Morgan fingerprint density at radius 1 is 0.694 bits per heavy atom. The number of aryl methyl sites for hydroxylation is 2. The van der Waals surface area contributed by atoms with E-state index in [1.54, 1.807) is 6.08 Å². The van der Waals surface area contributed by atoms with Crippen LogP contribution in [0, 0.1) is 13.8 Å². The molecular formula is C44H33N3O2. The van der Waals surface area contributed by atoms with Crippen LogP contribution in [0.3, 0.4) is 0 Å². The smallest absolute Gasteiger partial charge is 0.227 e. The fourth-order valence-electron chi connectivity index (χ4n) is 7.16. The molecule has 0 bridgehead atoms. The lowest BCUT2D eigenvalue weighted by molar-refractivity contribution is 0.542. The maximum Gasteiger partial charge on any atom is 0.227 e. The van der Waals surface area contributed by atoms with Crippen molar-refractivity contribution < 1.29 is 8.83 Å². The zero-order chi connectivity index (χ0) is 33.1. The molecule has 0 N–H and O–H groups in total. The second-order valence-corrected chi connectivity index (χ2v) is 12.8. The Morgan fingerprint density at radius 2 is 1.41 bits per heavy atom. The Hall–Kier alpha value is -6.20. The van der Waals surface area contributed by atoms with Gasteiger partial charge in [0.05, 0.1) is 6.04 Å². The molecule has 236 valence electrons. The highest BCUT2D eigenvalue weighted by atomic mass is 16.4. The standard InChI is InChI=1S/C44H33N3O2/c1-4-38-28(3)48-43(45-38)33-11-7-9-29(23-33)31-17-21-40-36(25-31)37-26-32(18-22-41(37)47(40)35-19-15-27(2)16-20-35)30-10-8-12-34(24-30)44-46-39-13-5-6-14-42(39)49-44/h4-26,36,40H,1H2,2-3H3. The third-order valence-electron chi connectivity index (χ3n) is 9.66. The van der Waals surface area contributed by atoms with Crippen molar-refractivity contribution in [3.8, 4) is 34.0 Å². The van der Waals surface area contributed by atoms with Crippen molar-refractivity contribution in [3.05, 3.63) is 168 Å². The van der Waals surface area contributed by atoms with Crippen molar-refractivity contribution >= 4 is 34.1 Å². The zero-order valence-electron chi connectivity index (χ0n) is 27.3. The number of hydrogen-bond donors (Lipinski definition) is 0. The van der Waals surface area contributed by atoms with E-state index in [4.69, 9.17) is 13.8 Å². The van der Waals surface area contributed by atoms with Gasteiger partial charge in [-0.25, -0.2) is 9.97 Å². The number of hydrogen-bond acceptors (Lipinski definition) is 5. The molecule has 0 spiro atoms. The summed E-state index contributed by atoms with van der Waals surface area (Å²) in [5.74, 6) is 2.15. The molecule has 5 heteroatoms. The molecule has 2 aromatic heterocycles. The second-order valence-electron chi connectivity index (χ2n) is 12.8. The molecule has 1 aliphatic heterocycles. The van der Waals surface area contributed by atoms with Crippen LogP contribution < -0.4 is 4.90 Å². The first-order valence-electron chi connectivity index (χ1n) is 16.6. The van der Waals surface area contributed by atoms with Crippen molar-refractivity contribution in [3.63, 3.8) is 0 Å². The number of allylic oxidation sites excluding steroid dienone is 2. The number of nitrogens with zero attached hydrogens (tertiary/aromatic N) is 3. The molecular weight excluding hydrogens is 603 g/mol. The fourth-order valence-corrected chi connectivity index (χ4v) is 7.16. The molecule has 49 heavy (non-hydrogen) atoms. The molecule has 0 amide bonds. The zero-order valence-corrected chi connectivity index (χ0v) is 27.3. The molecule has 5 nitrogen and oxygen atoms in total. The van der Waals surface area contributed by atoms with Gasteiger partial charge in [0.25, 0.3) is 0 Å². The van der Waals surface area contributed by atoms with Crippen molar-refractivity contribution in [2.24, 2.45) is 0 Å². The third kappa shape index (κ3) is 5.02. The van der Waals surface area contributed by atoms with E-state index in [1.165, 1.54) is 28.1 Å². The SMILES string of the molecule is C=Cc1nc(-c2cccc(C3=CC4c5cc(-c6cccc(-c7nc8ccccc8o7)c6)ccc5N(c5ccc(C)cc5)C4C=C3)c2)oc1C. The van der Waals surface area contributed by atoms with Crippen molar-refractivity contribution in [1.82, 2.24) is 9.97 Å². The average Bonchev–Trinajstić information content (AvgIpc) is 3.85. The lowest BCUT2D eigenvalue weighted by Crippen LogP contribution is -2.28. The van der Waals surface area contributed by atoms with Gasteiger partial charge in [-0.3, -0.25) is 0 Å². The fraction of sp³-hybridized carbons (Fsp3) is 0.0909. The summed E-state index contributed by atoms with van der Waals surface area (Å²) < 4.78 is 12.1. The van der Waals surface area contributed by atoms with Crippen LogP contribution in [0.2, 0.25) is 0 Å². The topological polar surface area (TPSA) is 55.3 Å². The van der Waals surface area contributed by atoms with Gasteiger partial charge in [0.1, 0.15) is 17.0 Å². The van der Waals surface area contributed by atoms with Crippen LogP contribution in [0.25, 0.3) is 56.8 Å². The van der Waals surface area contributed by atoms with E-state index in [1.807, 2.05) is 37.3 Å². The summed E-state index contributed by atoms with van der Waals surface area (Å²) in [4.78, 5) is 11.9. The number of para-hydroxylation sites is 2. The quantitative estimate of drug-likeness (QED) is 0.182. The van der Waals surface area contributed by atoms with E-state index in [2.05, 4.69) is 127 Å². The molecule has 0 radical (unpaired) electrons. The molecule has 2 atom stereocenters. The third-order valence-corrected chi connectivity index (χ3v) is 9.66. The van der Waals surface area contributed by atoms with Gasteiger partial charge in [-0.1, -0.05) is 85.0 Å². The van der Waals surface area contributed by atoms with E-state index >= 15 is 0 Å². The number of anilines is 2. The van der Waals surface area contributed by atoms with Crippen LogP contribution in [-0.2, 0) is 0 Å². The summed E-state index contributed by atoms with van der Waals surface area (Å²) in [7, 11) is 0. The lowest BCUT2D eigenvalue weighted by Gasteiger charge is -2.30. The molecule has 0 saturated carbocycles. The molecule has 2 aliphatic rings. The molecule has 0 fully saturated rings. The van der Waals surface area contributed by atoms with Crippen LogP contribution in [-0.4, -0.2) is 16.0 Å². The van der Waals surface area contributed by atoms with Crippen LogP contribution in [0.15, 0.2) is 149 Å². The van der Waals surface area contributed by atoms with Crippen LogP contribution >= 0.6 is 0 Å². The first-order valence-corrected chi connectivity index (χ1v) is 16.6. The van der Waals surface area contributed by atoms with E-state index in [-0.39, 0.29) is 12.0 Å². The Kier molecular flexibility index (Phi) is 6.80. The molecule has 9 rings (SSSR count). The normalized spacial score (nSPS) is 16.4. The Labute approximate surface area is 285 Å².